The van der Waals surface area contributed by atoms with Gasteiger partial charge in [-0.25, -0.2) is 4.98 Å². The number of nitrogens with one attached hydrogen (secondary N) is 1. The smallest absolute Gasteiger partial charge is 0.235 e. The number of carbonyl (C=O) groups is 2. The number of Topliss-reactive ketones (excluding diaryl/α,β-unsaturated/α-hetero) is 1. The minimum Gasteiger partial charge on any atom is -0.384 e. The first-order valence-electron chi connectivity index (χ1n) is 11.5. The molecule has 0 aromatic carbocycles. The SMILES string of the molecule is CC1(C)CC(=O)C2=C(C1)N(c1nnc(SCC(=O)Nc3ccc(Cl)cn3)s1)C(N)=C(C#N)C2c1cccs1. The van der Waals surface area contributed by atoms with Crippen molar-refractivity contribution in [3.63, 3.8) is 0 Å². The van der Waals surface area contributed by atoms with Crippen LogP contribution < -0.4 is 16.0 Å². The number of carbonyl (C=O) groups excluding carboxylic acids is 2. The van der Waals surface area contributed by atoms with E-state index in [1.54, 1.807) is 17.0 Å². The van der Waals surface area contributed by atoms with Gasteiger partial charge in [-0.2, -0.15) is 5.26 Å². The standard InChI is InChI=1S/C25H22ClN7O2S3/c1-25(2)8-15-21(16(34)9-25)20(17-4-3-7-36-17)14(10-27)22(28)33(15)23-31-32-24(38-23)37-12-19(35)30-18-6-5-13(26)11-29-18/h3-7,11,20H,8-9,12,28H2,1-2H3,(H,29,30,35). The molecule has 0 bridgehead atoms. The van der Waals surface area contributed by atoms with Crippen molar-refractivity contribution in [2.75, 3.05) is 16.0 Å². The van der Waals surface area contributed by atoms with Crippen molar-refractivity contribution in [1.82, 2.24) is 15.2 Å². The highest BCUT2D eigenvalue weighted by Crippen LogP contribution is 2.51. The summed E-state index contributed by atoms with van der Waals surface area (Å²) in [6.07, 6.45) is 2.43. The summed E-state index contributed by atoms with van der Waals surface area (Å²) in [6, 6.07) is 9.35. The van der Waals surface area contributed by atoms with Gasteiger partial charge in [-0.3, -0.25) is 14.5 Å². The van der Waals surface area contributed by atoms with E-state index in [1.165, 1.54) is 40.6 Å². The average Bonchev–Trinajstić information content (AvgIpc) is 3.55. The highest BCUT2D eigenvalue weighted by atomic mass is 35.5. The molecule has 3 N–H and O–H groups in total. The van der Waals surface area contributed by atoms with Crippen LogP contribution in [0.5, 0.6) is 0 Å². The van der Waals surface area contributed by atoms with E-state index in [0.717, 1.165) is 10.6 Å². The molecule has 0 saturated heterocycles. The first kappa shape index (κ1) is 26.4. The van der Waals surface area contributed by atoms with E-state index in [9.17, 15) is 14.9 Å². The maximum atomic E-state index is 13.5. The van der Waals surface area contributed by atoms with Gasteiger partial charge in [-0.05, 0) is 35.4 Å². The Morgan fingerprint density at radius 3 is 2.84 bits per heavy atom. The molecule has 4 heterocycles. The van der Waals surface area contributed by atoms with Gasteiger partial charge in [0.1, 0.15) is 11.6 Å². The number of amides is 1. The number of ketones is 1. The van der Waals surface area contributed by atoms with Crippen LogP contribution in [-0.4, -0.2) is 32.6 Å². The van der Waals surface area contributed by atoms with E-state index in [-0.39, 0.29) is 28.7 Å². The Bertz CT molecular complexity index is 1500. The molecule has 1 aliphatic heterocycles. The largest absolute Gasteiger partial charge is 0.384 e. The van der Waals surface area contributed by atoms with E-state index in [2.05, 4.69) is 26.6 Å². The highest BCUT2D eigenvalue weighted by molar-refractivity contribution is 8.01. The van der Waals surface area contributed by atoms with Crippen LogP contribution in [0, 0.1) is 16.7 Å². The van der Waals surface area contributed by atoms with E-state index < -0.39 is 5.92 Å². The maximum Gasteiger partial charge on any atom is 0.235 e. The number of hydrogen-bond donors (Lipinski definition) is 2. The molecule has 1 aliphatic carbocycles. The van der Waals surface area contributed by atoms with Crippen LogP contribution in [-0.2, 0) is 9.59 Å². The van der Waals surface area contributed by atoms with Crippen molar-refractivity contribution >= 4 is 68.7 Å². The number of aromatic nitrogens is 3. The molecule has 0 spiro atoms. The minimum atomic E-state index is -0.498. The molecular formula is C25H22ClN7O2S3. The van der Waals surface area contributed by atoms with Gasteiger partial charge in [-0.15, -0.1) is 21.5 Å². The average molecular weight is 584 g/mol. The van der Waals surface area contributed by atoms with Crippen LogP contribution in [0.25, 0.3) is 0 Å². The lowest BCUT2D eigenvalue weighted by atomic mass is 9.70. The summed E-state index contributed by atoms with van der Waals surface area (Å²) in [5.74, 6) is -0.0115. The topological polar surface area (TPSA) is 138 Å². The molecular weight excluding hydrogens is 562 g/mol. The van der Waals surface area contributed by atoms with Crippen LogP contribution in [0.4, 0.5) is 10.9 Å². The van der Waals surface area contributed by atoms with E-state index in [1.807, 2.05) is 31.4 Å². The molecule has 2 aliphatic rings. The number of thioether (sulfide) groups is 1. The van der Waals surface area contributed by atoms with Gasteiger partial charge in [0.2, 0.25) is 11.0 Å². The van der Waals surface area contributed by atoms with Gasteiger partial charge < -0.3 is 11.1 Å². The van der Waals surface area contributed by atoms with Crippen LogP contribution in [0.15, 0.2) is 62.8 Å². The van der Waals surface area contributed by atoms with Crippen LogP contribution >= 0.6 is 46.0 Å². The third-order valence-corrected chi connectivity index (χ3v) is 9.32. The molecule has 0 radical (unpaired) electrons. The first-order chi connectivity index (χ1) is 18.2. The molecule has 13 heteroatoms. The van der Waals surface area contributed by atoms with Crippen LogP contribution in [0.1, 0.15) is 37.5 Å². The number of allylic oxidation sites excluding steroid dienone is 3. The molecule has 3 aromatic heterocycles. The summed E-state index contributed by atoms with van der Waals surface area (Å²) < 4.78 is 0.550. The van der Waals surface area contributed by atoms with Crippen molar-refractivity contribution in [3.05, 3.63) is 68.4 Å². The molecule has 1 atom stereocenters. The Labute approximate surface area is 236 Å². The van der Waals surface area contributed by atoms with Crippen LogP contribution in [0.3, 0.4) is 0 Å². The summed E-state index contributed by atoms with van der Waals surface area (Å²) >= 11 is 9.80. The maximum absolute atomic E-state index is 13.5. The minimum absolute atomic E-state index is 0.00601. The lowest BCUT2D eigenvalue weighted by Gasteiger charge is -2.42. The number of nitrogens with two attached hydrogens (primary N) is 1. The fourth-order valence-electron chi connectivity index (χ4n) is 4.57. The van der Waals surface area contributed by atoms with E-state index in [4.69, 9.17) is 17.3 Å². The molecule has 5 rings (SSSR count). The second-order valence-corrected chi connectivity index (χ2v) is 13.1. The summed E-state index contributed by atoms with van der Waals surface area (Å²) in [6.45, 7) is 4.09. The number of anilines is 2. The van der Waals surface area contributed by atoms with Gasteiger partial charge in [0.05, 0.1) is 28.3 Å². The number of pyridine rings is 1. The third kappa shape index (κ3) is 5.19. The van der Waals surface area contributed by atoms with Crippen LogP contribution in [0.2, 0.25) is 5.02 Å². The zero-order chi connectivity index (χ0) is 27.0. The van der Waals surface area contributed by atoms with Gasteiger partial charge >= 0.3 is 0 Å². The molecule has 194 valence electrons. The fourth-order valence-corrected chi connectivity index (χ4v) is 7.21. The zero-order valence-corrected chi connectivity index (χ0v) is 23.6. The second kappa shape index (κ2) is 10.5. The number of thiophene rings is 1. The van der Waals surface area contributed by atoms with Crippen molar-refractivity contribution < 1.29 is 9.59 Å². The summed E-state index contributed by atoms with van der Waals surface area (Å²) in [7, 11) is 0. The Kier molecular flexibility index (Phi) is 7.28. The third-order valence-electron chi connectivity index (χ3n) is 6.12. The molecule has 3 aromatic rings. The summed E-state index contributed by atoms with van der Waals surface area (Å²) in [4.78, 5) is 32.6. The Hall–Kier alpha value is -3.24. The monoisotopic (exact) mass is 583 g/mol. The molecule has 0 saturated carbocycles. The van der Waals surface area contributed by atoms with Gasteiger partial charge in [0, 0.05) is 28.8 Å². The molecule has 0 fully saturated rings. The number of nitriles is 1. The lowest BCUT2D eigenvalue weighted by Crippen LogP contribution is -2.42. The summed E-state index contributed by atoms with van der Waals surface area (Å²) in [5.41, 5.74) is 8.00. The normalized spacial score (nSPS) is 18.8. The Morgan fingerprint density at radius 1 is 1.34 bits per heavy atom. The van der Waals surface area contributed by atoms with Crippen molar-refractivity contribution in [3.8, 4) is 6.07 Å². The molecule has 38 heavy (non-hydrogen) atoms. The van der Waals surface area contributed by atoms with Gasteiger partial charge in [0.15, 0.2) is 10.1 Å². The first-order valence-corrected chi connectivity index (χ1v) is 14.6. The van der Waals surface area contributed by atoms with Gasteiger partial charge in [-0.1, -0.05) is 54.6 Å². The van der Waals surface area contributed by atoms with Crippen molar-refractivity contribution in [2.45, 2.75) is 36.9 Å². The number of rotatable bonds is 6. The zero-order valence-electron chi connectivity index (χ0n) is 20.4. The second-order valence-electron chi connectivity index (χ2n) is 9.54. The quantitative estimate of drug-likeness (QED) is 0.369. The van der Waals surface area contributed by atoms with E-state index in [0.29, 0.717) is 44.3 Å². The molecule has 1 amide bonds. The van der Waals surface area contributed by atoms with Crippen molar-refractivity contribution in [1.29, 1.82) is 5.26 Å². The molecule has 1 unspecified atom stereocenters. The number of halogens is 1. The lowest BCUT2D eigenvalue weighted by molar-refractivity contribution is -0.118. The fraction of sp³-hybridized carbons (Fsp3) is 0.280. The van der Waals surface area contributed by atoms with Gasteiger partial charge in [0.25, 0.3) is 0 Å². The van der Waals surface area contributed by atoms with E-state index >= 15 is 0 Å². The predicted octanol–water partition coefficient (Wildman–Crippen LogP) is 5.32. The Balaban J connectivity index is 1.43. The summed E-state index contributed by atoms with van der Waals surface area (Å²) in [5, 5.41) is 24.3. The predicted molar refractivity (Wildman–Crippen MR) is 150 cm³/mol. The highest BCUT2D eigenvalue weighted by Gasteiger charge is 2.45. The Morgan fingerprint density at radius 2 is 2.16 bits per heavy atom. The molecule has 9 nitrogen and oxygen atoms in total. The number of hydrogen-bond acceptors (Lipinski definition) is 11. The number of nitrogens with zero attached hydrogens (tertiary/aromatic N) is 5. The van der Waals surface area contributed by atoms with Crippen molar-refractivity contribution in [2.24, 2.45) is 11.1 Å².